The van der Waals surface area contributed by atoms with Gasteiger partial charge in [-0.25, -0.2) is 4.79 Å². The fourth-order valence-electron chi connectivity index (χ4n) is 2.07. The van der Waals surface area contributed by atoms with Crippen LogP contribution in [0.5, 0.6) is 0 Å². The summed E-state index contributed by atoms with van der Waals surface area (Å²) in [7, 11) is 0. The van der Waals surface area contributed by atoms with Crippen LogP contribution < -0.4 is 5.32 Å². The number of nitrogens with zero attached hydrogens (tertiary/aromatic N) is 1. The molecule has 1 atom stereocenters. The molecular formula is C12H22N2O3. The van der Waals surface area contributed by atoms with Crippen molar-refractivity contribution in [3.8, 4) is 0 Å². The smallest absolute Gasteiger partial charge is 0.317 e. The highest BCUT2D eigenvalue weighted by atomic mass is 16.4. The van der Waals surface area contributed by atoms with Gasteiger partial charge in [-0.1, -0.05) is 13.8 Å². The highest BCUT2D eigenvalue weighted by Crippen LogP contribution is 2.19. The number of hydrogen-bond acceptors (Lipinski definition) is 2. The zero-order valence-electron chi connectivity index (χ0n) is 10.6. The van der Waals surface area contributed by atoms with Crippen molar-refractivity contribution < 1.29 is 14.7 Å². The van der Waals surface area contributed by atoms with Gasteiger partial charge in [0.2, 0.25) is 0 Å². The van der Waals surface area contributed by atoms with Crippen LogP contribution in [0.2, 0.25) is 0 Å². The molecule has 0 radical (unpaired) electrons. The van der Waals surface area contributed by atoms with Gasteiger partial charge < -0.3 is 15.3 Å². The third-order valence-corrected chi connectivity index (χ3v) is 2.96. The maximum atomic E-state index is 11.9. The number of urea groups is 1. The lowest BCUT2D eigenvalue weighted by Crippen LogP contribution is -2.50. The number of rotatable bonds is 4. The molecule has 0 bridgehead atoms. The van der Waals surface area contributed by atoms with Gasteiger partial charge in [-0.05, 0) is 25.2 Å². The van der Waals surface area contributed by atoms with Gasteiger partial charge in [0.1, 0.15) is 0 Å². The van der Waals surface area contributed by atoms with E-state index >= 15 is 0 Å². The number of likely N-dealkylation sites (tertiary alicyclic amines) is 1. The Bertz CT molecular complexity index is 279. The molecule has 17 heavy (non-hydrogen) atoms. The van der Waals surface area contributed by atoms with Gasteiger partial charge in [-0.2, -0.15) is 0 Å². The zero-order valence-corrected chi connectivity index (χ0v) is 10.6. The maximum absolute atomic E-state index is 11.9. The number of aliphatic carboxylic acids is 1. The van der Waals surface area contributed by atoms with Crippen molar-refractivity contribution in [2.24, 2.45) is 5.92 Å². The third kappa shape index (κ3) is 4.63. The van der Waals surface area contributed by atoms with Gasteiger partial charge in [0.15, 0.2) is 0 Å². The van der Waals surface area contributed by atoms with Crippen molar-refractivity contribution in [2.75, 3.05) is 13.1 Å². The predicted molar refractivity (Wildman–Crippen MR) is 64.8 cm³/mol. The number of amides is 2. The maximum Gasteiger partial charge on any atom is 0.317 e. The Hall–Kier alpha value is -1.26. The molecule has 1 fully saturated rings. The largest absolute Gasteiger partial charge is 0.481 e. The van der Waals surface area contributed by atoms with E-state index in [9.17, 15) is 9.59 Å². The Morgan fingerprint density at radius 3 is 2.71 bits per heavy atom. The van der Waals surface area contributed by atoms with Crippen LogP contribution in [0.3, 0.4) is 0 Å². The Kier molecular flexibility index (Phi) is 5.25. The Balaban J connectivity index is 2.51. The molecule has 0 spiro atoms. The normalized spacial score (nSPS) is 20.4. The molecule has 0 aromatic heterocycles. The summed E-state index contributed by atoms with van der Waals surface area (Å²) in [4.78, 5) is 24.3. The third-order valence-electron chi connectivity index (χ3n) is 2.96. The summed E-state index contributed by atoms with van der Waals surface area (Å²) in [6.45, 7) is 5.37. The van der Waals surface area contributed by atoms with Crippen LogP contribution in [0.15, 0.2) is 0 Å². The lowest BCUT2D eigenvalue weighted by molar-refractivity contribution is -0.138. The van der Waals surface area contributed by atoms with E-state index in [1.807, 2.05) is 13.8 Å². The molecule has 1 aliphatic rings. The van der Waals surface area contributed by atoms with E-state index in [0.29, 0.717) is 19.0 Å². The second-order valence-corrected chi connectivity index (χ2v) is 5.02. The monoisotopic (exact) mass is 242 g/mol. The average Bonchev–Trinajstić information content (AvgIpc) is 2.25. The molecule has 1 aliphatic heterocycles. The topological polar surface area (TPSA) is 69.6 Å². The van der Waals surface area contributed by atoms with Crippen LogP contribution >= 0.6 is 0 Å². The van der Waals surface area contributed by atoms with E-state index < -0.39 is 5.97 Å². The van der Waals surface area contributed by atoms with E-state index in [0.717, 1.165) is 19.3 Å². The average molecular weight is 242 g/mol. The van der Waals surface area contributed by atoms with Crippen LogP contribution in [0.4, 0.5) is 4.79 Å². The lowest BCUT2D eigenvalue weighted by atomic mass is 10.00. The molecule has 0 aliphatic carbocycles. The number of carboxylic acids is 1. The summed E-state index contributed by atoms with van der Waals surface area (Å²) >= 11 is 0. The second-order valence-electron chi connectivity index (χ2n) is 5.02. The first-order valence-corrected chi connectivity index (χ1v) is 6.27. The molecule has 5 heteroatoms. The van der Waals surface area contributed by atoms with Crippen LogP contribution in [0.1, 0.15) is 39.5 Å². The predicted octanol–water partition coefficient (Wildman–Crippen LogP) is 1.68. The molecule has 1 rings (SSSR count). The number of hydrogen-bond donors (Lipinski definition) is 2. The van der Waals surface area contributed by atoms with Gasteiger partial charge in [0.05, 0.1) is 6.42 Å². The zero-order chi connectivity index (χ0) is 12.8. The Morgan fingerprint density at radius 2 is 2.12 bits per heavy atom. The van der Waals surface area contributed by atoms with Crippen LogP contribution in [-0.4, -0.2) is 41.1 Å². The van der Waals surface area contributed by atoms with E-state index in [4.69, 9.17) is 5.11 Å². The Labute approximate surface area is 102 Å². The minimum atomic E-state index is -0.835. The number of carboxylic acid groups (broad SMARTS) is 1. The first kappa shape index (κ1) is 13.8. The van der Waals surface area contributed by atoms with Gasteiger partial charge >= 0.3 is 12.0 Å². The fourth-order valence-corrected chi connectivity index (χ4v) is 2.07. The van der Waals surface area contributed by atoms with Gasteiger partial charge in [-0.3, -0.25) is 4.79 Å². The van der Waals surface area contributed by atoms with E-state index in [-0.39, 0.29) is 18.5 Å². The van der Waals surface area contributed by atoms with Gasteiger partial charge in [0, 0.05) is 19.1 Å². The van der Waals surface area contributed by atoms with Crippen molar-refractivity contribution in [3.63, 3.8) is 0 Å². The molecule has 1 unspecified atom stereocenters. The highest BCUT2D eigenvalue weighted by Gasteiger charge is 2.28. The molecule has 1 heterocycles. The number of carbonyl (C=O) groups excluding carboxylic acids is 1. The Morgan fingerprint density at radius 1 is 1.41 bits per heavy atom. The fraction of sp³-hybridized carbons (Fsp3) is 0.833. The number of nitrogens with one attached hydrogen (secondary N) is 1. The van der Waals surface area contributed by atoms with E-state index in [1.54, 1.807) is 4.90 Å². The van der Waals surface area contributed by atoms with Gasteiger partial charge in [-0.15, -0.1) is 0 Å². The first-order valence-electron chi connectivity index (χ1n) is 6.27. The van der Waals surface area contributed by atoms with Crippen LogP contribution in [0, 0.1) is 5.92 Å². The molecule has 2 N–H and O–H groups in total. The molecule has 1 saturated heterocycles. The van der Waals surface area contributed by atoms with Crippen molar-refractivity contribution in [1.29, 1.82) is 0 Å². The van der Waals surface area contributed by atoms with Crippen molar-refractivity contribution in [1.82, 2.24) is 10.2 Å². The molecule has 0 aromatic rings. The summed E-state index contributed by atoms with van der Waals surface area (Å²) < 4.78 is 0. The standard InChI is InChI=1S/C12H22N2O3/c1-9(2)8-13-12(17)14-6-4-3-5-10(14)7-11(15)16/h9-10H,3-8H2,1-2H3,(H,13,17)(H,15,16). The highest BCUT2D eigenvalue weighted by molar-refractivity contribution is 5.76. The summed E-state index contributed by atoms with van der Waals surface area (Å²) in [6, 6.07) is -0.266. The van der Waals surface area contributed by atoms with Crippen LogP contribution in [0.25, 0.3) is 0 Å². The summed E-state index contributed by atoms with van der Waals surface area (Å²) in [5, 5.41) is 11.7. The molecular weight excluding hydrogens is 220 g/mol. The number of piperidine rings is 1. The minimum Gasteiger partial charge on any atom is -0.481 e. The molecule has 5 nitrogen and oxygen atoms in total. The molecule has 0 saturated carbocycles. The summed E-state index contributed by atoms with van der Waals surface area (Å²) in [6.07, 6.45) is 2.81. The minimum absolute atomic E-state index is 0.0507. The van der Waals surface area contributed by atoms with Crippen molar-refractivity contribution >= 4 is 12.0 Å². The molecule has 0 aromatic carbocycles. The number of carbonyl (C=O) groups is 2. The summed E-state index contributed by atoms with van der Waals surface area (Å²) in [5.41, 5.74) is 0. The SMILES string of the molecule is CC(C)CNC(=O)N1CCCCC1CC(=O)O. The first-order chi connectivity index (χ1) is 8.00. The quantitative estimate of drug-likeness (QED) is 0.788. The lowest BCUT2D eigenvalue weighted by Gasteiger charge is -2.35. The van der Waals surface area contributed by atoms with Crippen molar-refractivity contribution in [2.45, 2.75) is 45.6 Å². The van der Waals surface area contributed by atoms with E-state index in [1.165, 1.54) is 0 Å². The van der Waals surface area contributed by atoms with E-state index in [2.05, 4.69) is 5.32 Å². The van der Waals surface area contributed by atoms with Gasteiger partial charge in [0.25, 0.3) is 0 Å². The molecule has 2 amide bonds. The van der Waals surface area contributed by atoms with Crippen LogP contribution in [-0.2, 0) is 4.79 Å². The summed E-state index contributed by atoms with van der Waals surface area (Å²) in [5.74, 6) is -0.430. The molecule has 98 valence electrons. The van der Waals surface area contributed by atoms with Crippen molar-refractivity contribution in [3.05, 3.63) is 0 Å². The second kappa shape index (κ2) is 6.47.